The Labute approximate surface area is 230 Å². The first-order chi connectivity index (χ1) is 19.1. The first kappa shape index (κ1) is 32.6. The number of halogens is 3. The Balaban J connectivity index is 2.20. The smallest absolute Gasteiger partial charge is 0.493 e. The van der Waals surface area contributed by atoms with Crippen LogP contribution in [0.2, 0.25) is 0 Å². The van der Waals surface area contributed by atoms with Crippen LogP contribution in [0.15, 0.2) is 52.5 Å². The van der Waals surface area contributed by atoms with E-state index in [4.69, 9.17) is 21.0 Å². The summed E-state index contributed by atoms with van der Waals surface area (Å²) in [6, 6.07) is 6.75. The number of alkyl halides is 3. The quantitative estimate of drug-likeness (QED) is 0.0732. The molecule has 0 aliphatic rings. The Morgan fingerprint density at radius 1 is 1.10 bits per heavy atom. The largest absolute Gasteiger partial charge is 0.495 e. The van der Waals surface area contributed by atoms with E-state index in [2.05, 4.69) is 14.9 Å². The first-order valence-electron chi connectivity index (χ1n) is 11.3. The molecule has 0 saturated carbocycles. The van der Waals surface area contributed by atoms with Gasteiger partial charge in [-0.1, -0.05) is 18.2 Å². The van der Waals surface area contributed by atoms with E-state index < -0.39 is 56.1 Å². The van der Waals surface area contributed by atoms with Gasteiger partial charge >= 0.3 is 18.1 Å². The van der Waals surface area contributed by atoms with Gasteiger partial charge in [-0.2, -0.15) is 17.9 Å². The molecule has 0 heterocycles. The molecule has 0 aliphatic carbocycles. The molecule has 41 heavy (non-hydrogen) atoms. The second kappa shape index (κ2) is 14.1. The molecule has 19 heteroatoms. The maximum absolute atomic E-state index is 13.0. The van der Waals surface area contributed by atoms with Crippen molar-refractivity contribution >= 4 is 33.6 Å². The Kier molecular flexibility index (Phi) is 11.2. The van der Waals surface area contributed by atoms with Crippen LogP contribution in [-0.2, 0) is 40.6 Å². The molecule has 15 nitrogen and oxygen atoms in total. The van der Waals surface area contributed by atoms with Gasteiger partial charge in [-0.3, -0.25) is 10.1 Å². The third-order valence-electron chi connectivity index (χ3n) is 4.87. The molecule has 0 aliphatic heterocycles. The van der Waals surface area contributed by atoms with Crippen molar-refractivity contribution in [2.75, 3.05) is 13.2 Å². The minimum Gasteiger partial charge on any atom is -0.493 e. The first-order valence-corrected chi connectivity index (χ1v) is 12.8. The number of guanidine groups is 1. The number of hydrogen-bond acceptors (Lipinski definition) is 11. The molecule has 0 unspecified atom stereocenters. The summed E-state index contributed by atoms with van der Waals surface area (Å²) in [5.41, 5.74) is 9.98. The lowest BCUT2D eigenvalue weighted by Gasteiger charge is -2.18. The van der Waals surface area contributed by atoms with Gasteiger partial charge in [0.2, 0.25) is 16.0 Å². The van der Waals surface area contributed by atoms with Crippen molar-refractivity contribution in [3.05, 3.63) is 63.7 Å². The fourth-order valence-electron chi connectivity index (χ4n) is 2.99. The molecule has 0 saturated heterocycles. The lowest BCUT2D eigenvalue weighted by Crippen LogP contribution is -2.44. The molecule has 2 aromatic carbocycles. The van der Waals surface area contributed by atoms with Gasteiger partial charge in [-0.25, -0.2) is 27.8 Å². The number of rotatable bonds is 13. The fourth-order valence-corrected chi connectivity index (χ4v) is 4.44. The van der Waals surface area contributed by atoms with Gasteiger partial charge in [0, 0.05) is 18.6 Å². The Bertz CT molecular complexity index is 1380. The van der Waals surface area contributed by atoms with Crippen LogP contribution in [-0.4, -0.2) is 56.7 Å². The number of nitrogens with one attached hydrogen (secondary N) is 1. The Morgan fingerprint density at radius 3 is 2.34 bits per heavy atom. The molecule has 0 radical (unpaired) electrons. The molecule has 0 spiro atoms. The topological polar surface area (TPSA) is 225 Å². The van der Waals surface area contributed by atoms with Crippen molar-refractivity contribution < 1.29 is 55.5 Å². The molecule has 0 aromatic heterocycles. The number of carbonyl (C=O) groups excluding carboxylic acids is 2. The lowest BCUT2D eigenvalue weighted by atomic mass is 10.1. The third-order valence-corrected chi connectivity index (χ3v) is 6.48. The average molecular weight is 608 g/mol. The van der Waals surface area contributed by atoms with Gasteiger partial charge < -0.3 is 21.0 Å². The number of hydrogen-bond donors (Lipinski definition) is 3. The molecule has 1 atom stereocenters. The average Bonchev–Trinajstić information content (AvgIpc) is 2.88. The van der Waals surface area contributed by atoms with Gasteiger partial charge in [0.05, 0.1) is 16.4 Å². The standard InChI is InChI=1S/C22H24F3N5O10S/c1-13-3-6-15(30(33)34)12-18(13)41(35,36)29-17(19(31)39-40-20(32)22(23,24)25)11-14-4-7-16(8-5-14)37-9-2-10-38-28-21(26)27/h3-8,12,17,29H,2,9-11H2,1H3,(H4,26,27,28)/t17-/m0/s1. The number of ether oxygens (including phenoxy) is 1. The second-order valence-electron chi connectivity index (χ2n) is 8.05. The van der Waals surface area contributed by atoms with E-state index in [0.29, 0.717) is 12.2 Å². The van der Waals surface area contributed by atoms with E-state index in [1.807, 2.05) is 4.72 Å². The van der Waals surface area contributed by atoms with Crippen molar-refractivity contribution in [3.8, 4) is 5.75 Å². The lowest BCUT2D eigenvalue weighted by molar-refractivity contribution is -0.385. The number of nitrogens with two attached hydrogens (primary N) is 2. The number of nitro benzene ring substituents is 1. The number of nitrogens with zero attached hydrogens (tertiary/aromatic N) is 2. The van der Waals surface area contributed by atoms with Crippen LogP contribution in [0.1, 0.15) is 17.5 Å². The zero-order valence-electron chi connectivity index (χ0n) is 21.1. The molecule has 2 aromatic rings. The minimum absolute atomic E-state index is 0.0592. The van der Waals surface area contributed by atoms with E-state index in [-0.39, 0.29) is 30.3 Å². The van der Waals surface area contributed by atoms with Crippen LogP contribution in [0.4, 0.5) is 18.9 Å². The predicted molar refractivity (Wildman–Crippen MR) is 132 cm³/mol. The van der Waals surface area contributed by atoms with Crippen LogP contribution in [0.3, 0.4) is 0 Å². The third kappa shape index (κ3) is 10.4. The Hall–Kier alpha value is -4.65. The van der Waals surface area contributed by atoms with Crippen molar-refractivity contribution in [1.29, 1.82) is 0 Å². The number of carbonyl (C=O) groups is 2. The zero-order chi connectivity index (χ0) is 30.8. The fraction of sp³-hybridized carbons (Fsp3) is 0.318. The predicted octanol–water partition coefficient (Wildman–Crippen LogP) is 1.33. The number of benzene rings is 2. The van der Waals surface area contributed by atoms with Gasteiger partial charge in [-0.05, 0) is 41.8 Å². The van der Waals surface area contributed by atoms with Crippen molar-refractivity contribution in [2.45, 2.75) is 36.9 Å². The van der Waals surface area contributed by atoms with Crippen molar-refractivity contribution in [3.63, 3.8) is 0 Å². The van der Waals surface area contributed by atoms with E-state index in [9.17, 15) is 41.3 Å². The Morgan fingerprint density at radius 2 is 1.76 bits per heavy atom. The maximum Gasteiger partial charge on any atom is 0.495 e. The normalized spacial score (nSPS) is 12.1. The number of oxime groups is 1. The SMILES string of the molecule is Cc1ccc([N+](=O)[O-])cc1S(=O)(=O)N[C@@H](Cc1ccc(OCCCON=C(N)N)cc1)C(=O)OOC(=O)C(F)(F)F. The minimum atomic E-state index is -5.50. The van der Waals surface area contributed by atoms with Crippen LogP contribution < -0.4 is 20.9 Å². The zero-order valence-corrected chi connectivity index (χ0v) is 21.9. The van der Waals surface area contributed by atoms with Crippen molar-refractivity contribution in [2.24, 2.45) is 16.6 Å². The summed E-state index contributed by atoms with van der Waals surface area (Å²) < 4.78 is 70.8. The number of nitro groups is 1. The van der Waals surface area contributed by atoms with Gasteiger partial charge in [-0.15, -0.1) is 0 Å². The highest BCUT2D eigenvalue weighted by atomic mass is 32.2. The molecular weight excluding hydrogens is 583 g/mol. The summed E-state index contributed by atoms with van der Waals surface area (Å²) >= 11 is 0. The molecule has 224 valence electrons. The summed E-state index contributed by atoms with van der Waals surface area (Å²) in [4.78, 5) is 45.4. The van der Waals surface area contributed by atoms with Crippen LogP contribution >= 0.6 is 0 Å². The summed E-state index contributed by atoms with van der Waals surface area (Å²) in [5, 5.41) is 14.4. The van der Waals surface area contributed by atoms with E-state index in [0.717, 1.165) is 18.2 Å². The molecule has 2 rings (SSSR count). The number of non-ortho nitro benzene ring substituents is 1. The highest BCUT2D eigenvalue weighted by Crippen LogP contribution is 2.23. The molecular formula is C22H24F3N5O10S. The van der Waals surface area contributed by atoms with Gasteiger partial charge in [0.1, 0.15) is 18.4 Å². The van der Waals surface area contributed by atoms with Crippen LogP contribution in [0, 0.1) is 17.0 Å². The summed E-state index contributed by atoms with van der Waals surface area (Å²) in [5.74, 6) is -4.44. The van der Waals surface area contributed by atoms with Crippen molar-refractivity contribution in [1.82, 2.24) is 4.72 Å². The molecule has 0 amide bonds. The summed E-state index contributed by atoms with van der Waals surface area (Å²) in [7, 11) is -4.69. The number of aryl methyl sites for hydroxylation is 1. The summed E-state index contributed by atoms with van der Waals surface area (Å²) in [6.45, 7) is 1.67. The molecule has 0 fully saturated rings. The summed E-state index contributed by atoms with van der Waals surface area (Å²) in [6.07, 6.45) is -5.59. The van der Waals surface area contributed by atoms with Gasteiger partial charge in [0.15, 0.2) is 0 Å². The van der Waals surface area contributed by atoms with E-state index in [1.54, 1.807) is 0 Å². The van der Waals surface area contributed by atoms with Crippen LogP contribution in [0.5, 0.6) is 5.75 Å². The van der Waals surface area contributed by atoms with Crippen LogP contribution in [0.25, 0.3) is 0 Å². The highest BCUT2D eigenvalue weighted by molar-refractivity contribution is 7.89. The van der Waals surface area contributed by atoms with E-state index in [1.165, 1.54) is 31.2 Å². The van der Waals surface area contributed by atoms with Gasteiger partial charge in [0.25, 0.3) is 5.69 Å². The molecule has 5 N–H and O–H groups in total. The molecule has 0 bridgehead atoms. The monoisotopic (exact) mass is 607 g/mol. The highest BCUT2D eigenvalue weighted by Gasteiger charge is 2.43. The second-order valence-corrected chi connectivity index (χ2v) is 9.73. The maximum atomic E-state index is 13.0. The van der Waals surface area contributed by atoms with E-state index >= 15 is 0 Å². The number of sulfonamides is 1.